The maximum absolute atomic E-state index is 12.5. The van der Waals surface area contributed by atoms with Gasteiger partial charge in [0, 0.05) is 0 Å². The summed E-state index contributed by atoms with van der Waals surface area (Å²) in [7, 11) is 1.57. The Morgan fingerprint density at radius 3 is 2.37 bits per heavy atom. The van der Waals surface area contributed by atoms with E-state index in [0.717, 1.165) is 16.5 Å². The fraction of sp³-hybridized carbons (Fsp3) is 0.214. The van der Waals surface area contributed by atoms with Crippen LogP contribution in [-0.4, -0.2) is 25.0 Å². The SMILES string of the molecule is COc1ccc2cc(C3=N[C@@H]3C(F)(F)F)ccc2c1. The van der Waals surface area contributed by atoms with Gasteiger partial charge in [-0.2, -0.15) is 13.2 Å². The van der Waals surface area contributed by atoms with Gasteiger partial charge in [-0.1, -0.05) is 18.2 Å². The first kappa shape index (κ1) is 12.0. The first-order valence-corrected chi connectivity index (χ1v) is 5.71. The van der Waals surface area contributed by atoms with E-state index in [-0.39, 0.29) is 5.71 Å². The van der Waals surface area contributed by atoms with E-state index in [9.17, 15) is 13.2 Å². The van der Waals surface area contributed by atoms with Gasteiger partial charge < -0.3 is 4.74 Å². The second-order valence-corrected chi connectivity index (χ2v) is 4.39. The number of hydrogen-bond acceptors (Lipinski definition) is 2. The van der Waals surface area contributed by atoms with Crippen LogP contribution in [0.5, 0.6) is 5.75 Å². The van der Waals surface area contributed by atoms with Crippen LogP contribution in [0.15, 0.2) is 41.4 Å². The Morgan fingerprint density at radius 1 is 1.05 bits per heavy atom. The summed E-state index contributed by atoms with van der Waals surface area (Å²) < 4.78 is 42.5. The van der Waals surface area contributed by atoms with E-state index in [2.05, 4.69) is 4.99 Å². The number of benzene rings is 2. The number of hydrogen-bond donors (Lipinski definition) is 0. The molecule has 0 unspecified atom stereocenters. The summed E-state index contributed by atoms with van der Waals surface area (Å²) >= 11 is 0. The molecule has 0 N–H and O–H groups in total. The summed E-state index contributed by atoms with van der Waals surface area (Å²) in [5.41, 5.74) is 0.644. The molecule has 1 heterocycles. The molecule has 0 amide bonds. The molecule has 0 saturated carbocycles. The first-order valence-electron chi connectivity index (χ1n) is 5.71. The van der Waals surface area contributed by atoms with E-state index in [1.807, 2.05) is 12.1 Å². The highest BCUT2D eigenvalue weighted by Gasteiger charge is 2.51. The second kappa shape index (κ2) is 3.98. The average Bonchev–Trinajstić information content (AvgIpc) is 3.17. The lowest BCUT2D eigenvalue weighted by Gasteiger charge is -2.05. The largest absolute Gasteiger partial charge is 0.497 e. The van der Waals surface area contributed by atoms with Crippen molar-refractivity contribution in [1.82, 2.24) is 0 Å². The molecule has 0 fully saturated rings. The molecule has 0 aromatic heterocycles. The summed E-state index contributed by atoms with van der Waals surface area (Å²) in [5, 5.41) is 1.79. The van der Waals surface area contributed by atoms with Gasteiger partial charge in [0.25, 0.3) is 0 Å². The van der Waals surface area contributed by atoms with Crippen LogP contribution in [0.4, 0.5) is 13.2 Å². The molecular formula is C14H10F3NO. The lowest BCUT2D eigenvalue weighted by Crippen LogP contribution is -2.21. The molecule has 1 aliphatic rings. The molecule has 1 aliphatic heterocycles. The maximum Gasteiger partial charge on any atom is 0.416 e. The van der Waals surface area contributed by atoms with Crippen LogP contribution >= 0.6 is 0 Å². The van der Waals surface area contributed by atoms with Gasteiger partial charge in [0.1, 0.15) is 5.75 Å². The van der Waals surface area contributed by atoms with Crippen LogP contribution in [0, 0.1) is 0 Å². The van der Waals surface area contributed by atoms with Gasteiger partial charge >= 0.3 is 6.18 Å². The minimum atomic E-state index is -4.27. The molecule has 0 radical (unpaired) electrons. The molecule has 1 atom stereocenters. The smallest absolute Gasteiger partial charge is 0.416 e. The van der Waals surface area contributed by atoms with Crippen molar-refractivity contribution in [2.45, 2.75) is 12.2 Å². The molecule has 0 bridgehead atoms. The quantitative estimate of drug-likeness (QED) is 0.813. The van der Waals surface area contributed by atoms with Gasteiger partial charge in [0.2, 0.25) is 0 Å². The molecule has 0 aliphatic carbocycles. The Balaban J connectivity index is 1.94. The van der Waals surface area contributed by atoms with E-state index >= 15 is 0 Å². The predicted molar refractivity (Wildman–Crippen MR) is 66.9 cm³/mol. The molecule has 2 nitrogen and oxygen atoms in total. The van der Waals surface area contributed by atoms with Crippen LogP contribution < -0.4 is 4.74 Å². The minimum absolute atomic E-state index is 0.116. The van der Waals surface area contributed by atoms with Crippen molar-refractivity contribution < 1.29 is 17.9 Å². The Labute approximate surface area is 107 Å². The number of halogens is 3. The molecule has 2 aromatic rings. The average molecular weight is 265 g/mol. The predicted octanol–water partition coefficient (Wildman–Crippen LogP) is 3.58. The van der Waals surface area contributed by atoms with Crippen molar-refractivity contribution in [1.29, 1.82) is 0 Å². The summed E-state index contributed by atoms with van der Waals surface area (Å²) in [5.74, 6) is 0.720. The van der Waals surface area contributed by atoms with Gasteiger partial charge in [-0.3, -0.25) is 4.99 Å². The molecule has 3 rings (SSSR count). The zero-order valence-electron chi connectivity index (χ0n) is 10.0. The Morgan fingerprint density at radius 2 is 1.74 bits per heavy atom. The number of nitrogens with zero attached hydrogens (tertiary/aromatic N) is 1. The van der Waals surface area contributed by atoms with Gasteiger partial charge in [-0.25, -0.2) is 0 Å². The topological polar surface area (TPSA) is 21.6 Å². The van der Waals surface area contributed by atoms with Crippen molar-refractivity contribution in [3.05, 3.63) is 42.0 Å². The fourth-order valence-corrected chi connectivity index (χ4v) is 2.07. The number of alkyl halides is 3. The van der Waals surface area contributed by atoms with E-state index in [0.29, 0.717) is 5.56 Å². The third kappa shape index (κ3) is 2.16. The zero-order valence-corrected chi connectivity index (χ0v) is 10.0. The van der Waals surface area contributed by atoms with E-state index in [1.165, 1.54) is 0 Å². The monoisotopic (exact) mass is 265 g/mol. The maximum atomic E-state index is 12.5. The van der Waals surface area contributed by atoms with Crippen LogP contribution in [0.3, 0.4) is 0 Å². The lowest BCUT2D eigenvalue weighted by molar-refractivity contribution is -0.124. The molecular weight excluding hydrogens is 255 g/mol. The van der Waals surface area contributed by atoms with Crippen LogP contribution in [0.1, 0.15) is 5.56 Å². The second-order valence-electron chi connectivity index (χ2n) is 4.39. The third-order valence-corrected chi connectivity index (χ3v) is 3.11. The molecule has 2 aromatic carbocycles. The highest BCUT2D eigenvalue weighted by molar-refractivity contribution is 6.15. The van der Waals surface area contributed by atoms with Crippen molar-refractivity contribution in [3.8, 4) is 5.75 Å². The summed E-state index contributed by atoms with van der Waals surface area (Å²) in [6.45, 7) is 0. The minimum Gasteiger partial charge on any atom is -0.497 e. The molecule has 19 heavy (non-hydrogen) atoms. The molecule has 98 valence electrons. The Bertz CT molecular complexity index is 676. The van der Waals surface area contributed by atoms with Crippen LogP contribution in [0.2, 0.25) is 0 Å². The fourth-order valence-electron chi connectivity index (χ4n) is 2.07. The van der Waals surface area contributed by atoms with Crippen molar-refractivity contribution in [2.75, 3.05) is 7.11 Å². The number of rotatable bonds is 2. The number of methoxy groups -OCH3 is 1. The molecule has 5 heteroatoms. The highest BCUT2D eigenvalue weighted by Crippen LogP contribution is 2.35. The number of fused-ring (bicyclic) bond motifs is 1. The van der Waals surface area contributed by atoms with Crippen molar-refractivity contribution >= 4 is 16.5 Å². The van der Waals surface area contributed by atoms with Crippen molar-refractivity contribution in [3.63, 3.8) is 0 Å². The van der Waals surface area contributed by atoms with Crippen molar-refractivity contribution in [2.24, 2.45) is 4.99 Å². The van der Waals surface area contributed by atoms with E-state index < -0.39 is 12.2 Å². The zero-order chi connectivity index (χ0) is 13.6. The van der Waals surface area contributed by atoms with Crippen LogP contribution in [-0.2, 0) is 0 Å². The summed E-state index contributed by atoms with van der Waals surface area (Å²) in [6, 6.07) is 8.98. The van der Waals surface area contributed by atoms with Gasteiger partial charge in [-0.05, 0) is 34.5 Å². The molecule has 0 saturated heterocycles. The Hall–Kier alpha value is -2.04. The third-order valence-electron chi connectivity index (χ3n) is 3.11. The number of ether oxygens (including phenoxy) is 1. The highest BCUT2D eigenvalue weighted by atomic mass is 19.4. The normalized spacial score (nSPS) is 18.3. The summed E-state index contributed by atoms with van der Waals surface area (Å²) in [4.78, 5) is 3.50. The van der Waals surface area contributed by atoms with E-state index in [1.54, 1.807) is 31.4 Å². The standard InChI is InChI=1S/C14H10F3NO/c1-19-11-5-4-8-6-10(3-2-9(8)7-11)12-13(18-12)14(15,16)17/h2-7,13H,1H3/t13-/m0/s1. The van der Waals surface area contributed by atoms with E-state index in [4.69, 9.17) is 4.74 Å². The van der Waals surface area contributed by atoms with Gasteiger partial charge in [0.05, 0.1) is 12.8 Å². The van der Waals surface area contributed by atoms with Gasteiger partial charge in [-0.15, -0.1) is 0 Å². The molecule has 0 spiro atoms. The first-order chi connectivity index (χ1) is 8.99. The summed E-state index contributed by atoms with van der Waals surface area (Å²) in [6.07, 6.45) is -4.27. The number of aliphatic imine (C=N–C) groups is 1. The Kier molecular flexibility index (Phi) is 2.52. The van der Waals surface area contributed by atoms with Crippen LogP contribution in [0.25, 0.3) is 10.8 Å². The lowest BCUT2D eigenvalue weighted by atomic mass is 10.0. The van der Waals surface area contributed by atoms with Gasteiger partial charge in [0.15, 0.2) is 6.04 Å².